The zero-order valence-electron chi connectivity index (χ0n) is 13.7. The average molecular weight is 283 g/mol. The van der Waals surface area contributed by atoms with Gasteiger partial charge in [0.2, 0.25) is 0 Å². The van der Waals surface area contributed by atoms with Gasteiger partial charge in [0.1, 0.15) is 5.75 Å². The maximum Gasteiger partial charge on any atom is 0.142 e. The Morgan fingerprint density at radius 3 is 2.24 bits per heavy atom. The third-order valence-electron chi connectivity index (χ3n) is 3.66. The second kappa shape index (κ2) is 6.21. The molecule has 0 aliphatic heterocycles. The molecule has 0 saturated carbocycles. The third-order valence-corrected chi connectivity index (χ3v) is 3.66. The van der Waals surface area contributed by atoms with Crippen molar-refractivity contribution in [3.8, 4) is 5.75 Å². The van der Waals surface area contributed by atoms with Gasteiger partial charge in [-0.05, 0) is 41.2 Å². The molecule has 0 fully saturated rings. The summed E-state index contributed by atoms with van der Waals surface area (Å²) in [6, 6.07) is 15.0. The molecule has 0 atom stereocenters. The number of ether oxygens (including phenoxy) is 1. The Kier molecular flexibility index (Phi) is 4.56. The van der Waals surface area contributed by atoms with Crippen LogP contribution in [0.5, 0.6) is 5.75 Å². The molecule has 0 aliphatic rings. The fourth-order valence-electron chi connectivity index (χ4n) is 2.26. The van der Waals surface area contributed by atoms with Crippen LogP contribution in [0.4, 0.5) is 5.69 Å². The third kappa shape index (κ3) is 4.01. The fourth-order valence-corrected chi connectivity index (χ4v) is 2.26. The lowest BCUT2D eigenvalue weighted by atomic mass is 9.87. The van der Waals surface area contributed by atoms with Crippen molar-refractivity contribution in [1.29, 1.82) is 0 Å². The van der Waals surface area contributed by atoms with Gasteiger partial charge in [-0.3, -0.25) is 0 Å². The Balaban J connectivity index is 2.07. The van der Waals surface area contributed by atoms with Gasteiger partial charge in [-0.15, -0.1) is 0 Å². The predicted octanol–water partition coefficient (Wildman–Crippen LogP) is 4.91. The van der Waals surface area contributed by atoms with Crippen molar-refractivity contribution in [2.24, 2.45) is 0 Å². The number of rotatable bonds is 4. The molecule has 1 N–H and O–H groups in total. The van der Waals surface area contributed by atoms with Crippen molar-refractivity contribution in [2.45, 2.75) is 39.7 Å². The van der Waals surface area contributed by atoms with Crippen LogP contribution in [0.2, 0.25) is 0 Å². The normalized spacial score (nSPS) is 11.3. The van der Waals surface area contributed by atoms with E-state index in [9.17, 15) is 0 Å². The van der Waals surface area contributed by atoms with Crippen molar-refractivity contribution in [3.63, 3.8) is 0 Å². The summed E-state index contributed by atoms with van der Waals surface area (Å²) in [6.07, 6.45) is 0. The lowest BCUT2D eigenvalue weighted by Gasteiger charge is -2.19. The van der Waals surface area contributed by atoms with Crippen molar-refractivity contribution in [2.75, 3.05) is 12.4 Å². The summed E-state index contributed by atoms with van der Waals surface area (Å²) in [5.74, 6) is 0.890. The van der Waals surface area contributed by atoms with Crippen molar-refractivity contribution >= 4 is 5.69 Å². The van der Waals surface area contributed by atoms with Gasteiger partial charge in [0.15, 0.2) is 0 Å². The molecule has 0 unspecified atom stereocenters. The first-order chi connectivity index (χ1) is 9.90. The predicted molar refractivity (Wildman–Crippen MR) is 90.2 cm³/mol. The minimum Gasteiger partial charge on any atom is -0.495 e. The van der Waals surface area contributed by atoms with Crippen molar-refractivity contribution < 1.29 is 4.74 Å². The molecule has 0 radical (unpaired) electrons. The van der Waals surface area contributed by atoms with Crippen LogP contribution in [0.15, 0.2) is 42.5 Å². The van der Waals surface area contributed by atoms with Gasteiger partial charge in [-0.25, -0.2) is 0 Å². The minimum atomic E-state index is 0.201. The van der Waals surface area contributed by atoms with Gasteiger partial charge in [-0.2, -0.15) is 0 Å². The molecular weight excluding hydrogens is 258 g/mol. The molecule has 2 heteroatoms. The lowest BCUT2D eigenvalue weighted by Crippen LogP contribution is -2.11. The van der Waals surface area contributed by atoms with Crippen molar-refractivity contribution in [1.82, 2.24) is 0 Å². The van der Waals surface area contributed by atoms with Gasteiger partial charge in [0, 0.05) is 6.54 Å². The molecule has 2 aromatic rings. The van der Waals surface area contributed by atoms with E-state index in [4.69, 9.17) is 4.74 Å². The summed E-state index contributed by atoms with van der Waals surface area (Å²) in [5, 5.41) is 3.44. The maximum absolute atomic E-state index is 5.42. The fraction of sp³-hybridized carbons (Fsp3) is 0.368. The first-order valence-electron chi connectivity index (χ1n) is 7.38. The molecule has 0 heterocycles. The summed E-state index contributed by atoms with van der Waals surface area (Å²) < 4.78 is 5.42. The topological polar surface area (TPSA) is 21.3 Å². The van der Waals surface area contributed by atoms with E-state index in [0.29, 0.717) is 0 Å². The van der Waals surface area contributed by atoms with Crippen LogP contribution < -0.4 is 10.1 Å². The van der Waals surface area contributed by atoms with E-state index in [1.807, 2.05) is 6.07 Å². The lowest BCUT2D eigenvalue weighted by molar-refractivity contribution is 0.416. The molecule has 21 heavy (non-hydrogen) atoms. The number of hydrogen-bond donors (Lipinski definition) is 1. The van der Waals surface area contributed by atoms with Crippen LogP contribution in [0.25, 0.3) is 0 Å². The van der Waals surface area contributed by atoms with Gasteiger partial charge >= 0.3 is 0 Å². The largest absolute Gasteiger partial charge is 0.495 e. The number of aryl methyl sites for hydroxylation is 1. The highest BCUT2D eigenvalue weighted by Crippen LogP contribution is 2.26. The summed E-state index contributed by atoms with van der Waals surface area (Å²) in [4.78, 5) is 0. The first-order valence-corrected chi connectivity index (χ1v) is 7.38. The Bertz CT molecular complexity index is 594. The molecular formula is C19H25NO. The van der Waals surface area contributed by atoms with Crippen LogP contribution in [-0.2, 0) is 12.0 Å². The van der Waals surface area contributed by atoms with E-state index < -0.39 is 0 Å². The standard InChI is InChI=1S/C19H25NO/c1-14-6-11-17(18(12-14)21-5)20-13-15-7-9-16(10-8-15)19(2,3)4/h6-12,20H,13H2,1-5H3. The molecule has 2 aromatic carbocycles. The summed E-state index contributed by atoms with van der Waals surface area (Å²) in [7, 11) is 1.71. The zero-order chi connectivity index (χ0) is 15.5. The van der Waals surface area contributed by atoms with E-state index in [0.717, 1.165) is 18.0 Å². The first kappa shape index (κ1) is 15.4. The van der Waals surface area contributed by atoms with Crippen LogP contribution in [-0.4, -0.2) is 7.11 Å². The van der Waals surface area contributed by atoms with Gasteiger partial charge in [0.25, 0.3) is 0 Å². The molecule has 0 bridgehead atoms. The number of nitrogens with one attached hydrogen (secondary N) is 1. The molecule has 2 rings (SSSR count). The molecule has 0 saturated heterocycles. The van der Waals surface area contributed by atoms with Crippen LogP contribution >= 0.6 is 0 Å². The van der Waals surface area contributed by atoms with E-state index in [-0.39, 0.29) is 5.41 Å². The van der Waals surface area contributed by atoms with Crippen LogP contribution in [0.3, 0.4) is 0 Å². The smallest absolute Gasteiger partial charge is 0.142 e. The van der Waals surface area contributed by atoms with Crippen molar-refractivity contribution in [3.05, 3.63) is 59.2 Å². The van der Waals surface area contributed by atoms with Gasteiger partial charge < -0.3 is 10.1 Å². The Hall–Kier alpha value is -1.96. The highest BCUT2D eigenvalue weighted by molar-refractivity contribution is 5.57. The second-order valence-corrected chi connectivity index (χ2v) is 6.50. The minimum absolute atomic E-state index is 0.201. The Labute approximate surface area is 128 Å². The zero-order valence-corrected chi connectivity index (χ0v) is 13.7. The summed E-state index contributed by atoms with van der Waals surface area (Å²) in [6.45, 7) is 9.56. The highest BCUT2D eigenvalue weighted by atomic mass is 16.5. The molecule has 0 aromatic heterocycles. The molecule has 0 spiro atoms. The maximum atomic E-state index is 5.42. The van der Waals surface area contributed by atoms with E-state index >= 15 is 0 Å². The van der Waals surface area contributed by atoms with E-state index in [1.165, 1.54) is 16.7 Å². The Morgan fingerprint density at radius 2 is 1.67 bits per heavy atom. The number of anilines is 1. The summed E-state index contributed by atoms with van der Waals surface area (Å²) >= 11 is 0. The van der Waals surface area contributed by atoms with Crippen LogP contribution in [0.1, 0.15) is 37.5 Å². The quantitative estimate of drug-likeness (QED) is 0.860. The SMILES string of the molecule is COc1cc(C)ccc1NCc1ccc(C(C)(C)C)cc1. The highest BCUT2D eigenvalue weighted by Gasteiger charge is 2.12. The summed E-state index contributed by atoms with van der Waals surface area (Å²) in [5.41, 5.74) is 5.06. The van der Waals surface area contributed by atoms with E-state index in [1.54, 1.807) is 7.11 Å². The monoisotopic (exact) mass is 283 g/mol. The van der Waals surface area contributed by atoms with Gasteiger partial charge in [-0.1, -0.05) is 51.1 Å². The van der Waals surface area contributed by atoms with Crippen LogP contribution in [0, 0.1) is 6.92 Å². The molecule has 0 amide bonds. The molecule has 0 aliphatic carbocycles. The van der Waals surface area contributed by atoms with E-state index in [2.05, 4.69) is 69.4 Å². The Morgan fingerprint density at radius 1 is 1.00 bits per heavy atom. The number of benzene rings is 2. The van der Waals surface area contributed by atoms with Gasteiger partial charge in [0.05, 0.1) is 12.8 Å². The average Bonchev–Trinajstić information content (AvgIpc) is 2.45. The number of methoxy groups -OCH3 is 1. The molecule has 112 valence electrons. The number of hydrogen-bond acceptors (Lipinski definition) is 2. The second-order valence-electron chi connectivity index (χ2n) is 6.50. The molecule has 2 nitrogen and oxygen atoms in total.